The Labute approximate surface area is 114 Å². The number of nitrogens with one attached hydrogen (secondary N) is 2. The van der Waals surface area contributed by atoms with E-state index in [0.717, 1.165) is 12.1 Å². The number of rotatable bonds is 7. The molecule has 2 N–H and O–H groups in total. The van der Waals surface area contributed by atoms with Crippen molar-refractivity contribution in [2.45, 2.75) is 13.3 Å². The zero-order valence-electron chi connectivity index (χ0n) is 11.4. The standard InChI is InChI=1S/C12H20FN3O2S/c1-10-5-6-12(11(13)9-10)15-19(17,18)16(3)8-4-7-14-2/h5-6,9,14-15H,4,7-8H2,1-3H3. The van der Waals surface area contributed by atoms with Crippen LogP contribution in [0.15, 0.2) is 18.2 Å². The van der Waals surface area contributed by atoms with Crippen LogP contribution in [0.25, 0.3) is 0 Å². The largest absolute Gasteiger partial charge is 0.320 e. The zero-order valence-corrected chi connectivity index (χ0v) is 12.2. The first-order valence-electron chi connectivity index (χ1n) is 6.01. The zero-order chi connectivity index (χ0) is 14.5. The highest BCUT2D eigenvalue weighted by Crippen LogP contribution is 2.17. The second-order valence-corrected chi connectivity index (χ2v) is 6.15. The van der Waals surface area contributed by atoms with Crippen molar-refractivity contribution in [2.75, 3.05) is 31.9 Å². The summed E-state index contributed by atoms with van der Waals surface area (Å²) in [6, 6.07) is 4.37. The molecular weight excluding hydrogens is 269 g/mol. The SMILES string of the molecule is CNCCCN(C)S(=O)(=O)Nc1ccc(C)cc1F. The predicted molar refractivity (Wildman–Crippen MR) is 74.9 cm³/mol. The molecule has 0 saturated carbocycles. The third-order valence-electron chi connectivity index (χ3n) is 2.67. The molecule has 0 spiro atoms. The minimum absolute atomic E-state index is 0.0360. The summed E-state index contributed by atoms with van der Waals surface area (Å²) in [7, 11) is -0.451. The molecule has 0 aliphatic carbocycles. The van der Waals surface area contributed by atoms with E-state index in [1.807, 2.05) is 0 Å². The minimum Gasteiger partial charge on any atom is -0.320 e. The highest BCUT2D eigenvalue weighted by Gasteiger charge is 2.18. The molecule has 0 aliphatic rings. The lowest BCUT2D eigenvalue weighted by atomic mass is 10.2. The highest BCUT2D eigenvalue weighted by atomic mass is 32.2. The Hall–Kier alpha value is -1.18. The summed E-state index contributed by atoms with van der Waals surface area (Å²) in [5, 5.41) is 2.94. The number of halogens is 1. The van der Waals surface area contributed by atoms with E-state index in [1.165, 1.54) is 23.5 Å². The lowest BCUT2D eigenvalue weighted by Crippen LogP contribution is -2.34. The lowest BCUT2D eigenvalue weighted by Gasteiger charge is -2.18. The van der Waals surface area contributed by atoms with Crippen molar-refractivity contribution in [3.8, 4) is 0 Å². The Kier molecular flexibility index (Phi) is 5.71. The Morgan fingerprint density at radius 2 is 2.05 bits per heavy atom. The van der Waals surface area contributed by atoms with E-state index in [1.54, 1.807) is 20.0 Å². The Bertz CT molecular complexity index is 520. The van der Waals surface area contributed by atoms with E-state index in [2.05, 4.69) is 10.0 Å². The van der Waals surface area contributed by atoms with Gasteiger partial charge < -0.3 is 5.32 Å². The molecule has 7 heteroatoms. The van der Waals surface area contributed by atoms with Gasteiger partial charge in [-0.05, 0) is 44.6 Å². The van der Waals surface area contributed by atoms with Crippen molar-refractivity contribution < 1.29 is 12.8 Å². The molecule has 19 heavy (non-hydrogen) atoms. The molecule has 1 aromatic carbocycles. The maximum absolute atomic E-state index is 13.6. The molecule has 0 radical (unpaired) electrons. The molecule has 0 bridgehead atoms. The van der Waals surface area contributed by atoms with Crippen LogP contribution in [0.3, 0.4) is 0 Å². The van der Waals surface area contributed by atoms with Crippen molar-refractivity contribution in [3.63, 3.8) is 0 Å². The maximum Gasteiger partial charge on any atom is 0.301 e. The summed E-state index contributed by atoms with van der Waals surface area (Å²) < 4.78 is 40.9. The Balaban J connectivity index is 2.73. The van der Waals surface area contributed by atoms with Gasteiger partial charge in [0.2, 0.25) is 0 Å². The predicted octanol–water partition coefficient (Wildman–Crippen LogP) is 1.33. The summed E-state index contributed by atoms with van der Waals surface area (Å²) in [6.45, 7) is 2.83. The first-order valence-corrected chi connectivity index (χ1v) is 7.45. The molecule has 5 nitrogen and oxygen atoms in total. The molecule has 0 saturated heterocycles. The van der Waals surface area contributed by atoms with Crippen LogP contribution in [0.1, 0.15) is 12.0 Å². The van der Waals surface area contributed by atoms with E-state index in [4.69, 9.17) is 0 Å². The van der Waals surface area contributed by atoms with Gasteiger partial charge in [0, 0.05) is 13.6 Å². The van der Waals surface area contributed by atoms with Crippen LogP contribution in [0.4, 0.5) is 10.1 Å². The van der Waals surface area contributed by atoms with Gasteiger partial charge in [-0.2, -0.15) is 12.7 Å². The Morgan fingerprint density at radius 3 is 2.63 bits per heavy atom. The third kappa shape index (κ3) is 4.77. The fraction of sp³-hybridized carbons (Fsp3) is 0.500. The number of hydrogen-bond donors (Lipinski definition) is 2. The van der Waals surface area contributed by atoms with Crippen LogP contribution >= 0.6 is 0 Å². The lowest BCUT2D eigenvalue weighted by molar-refractivity contribution is 0.462. The average Bonchev–Trinajstić information content (AvgIpc) is 2.33. The molecule has 0 unspecified atom stereocenters. The number of nitrogens with zero attached hydrogens (tertiary/aromatic N) is 1. The number of anilines is 1. The molecule has 0 fully saturated rings. The Morgan fingerprint density at radius 1 is 1.37 bits per heavy atom. The van der Waals surface area contributed by atoms with Gasteiger partial charge in [-0.3, -0.25) is 4.72 Å². The number of aryl methyl sites for hydroxylation is 1. The quantitative estimate of drug-likeness (QED) is 0.745. The summed E-state index contributed by atoms with van der Waals surface area (Å²) in [5.74, 6) is -0.577. The number of benzene rings is 1. The van der Waals surface area contributed by atoms with Gasteiger partial charge in [-0.1, -0.05) is 6.07 Å². The van der Waals surface area contributed by atoms with E-state index in [9.17, 15) is 12.8 Å². The van der Waals surface area contributed by atoms with Crippen molar-refractivity contribution >= 4 is 15.9 Å². The summed E-state index contributed by atoms with van der Waals surface area (Å²) >= 11 is 0. The first-order chi connectivity index (χ1) is 8.86. The summed E-state index contributed by atoms with van der Waals surface area (Å²) in [6.07, 6.45) is 0.685. The fourth-order valence-electron chi connectivity index (χ4n) is 1.52. The molecule has 1 aromatic rings. The second kappa shape index (κ2) is 6.83. The highest BCUT2D eigenvalue weighted by molar-refractivity contribution is 7.90. The molecule has 1 rings (SSSR count). The molecule has 0 heterocycles. The number of hydrogen-bond acceptors (Lipinski definition) is 3. The minimum atomic E-state index is -3.71. The van der Waals surface area contributed by atoms with Crippen molar-refractivity contribution in [1.82, 2.24) is 9.62 Å². The van der Waals surface area contributed by atoms with E-state index in [-0.39, 0.29) is 5.69 Å². The van der Waals surface area contributed by atoms with Gasteiger partial charge in [0.25, 0.3) is 0 Å². The monoisotopic (exact) mass is 289 g/mol. The topological polar surface area (TPSA) is 61.4 Å². The van der Waals surface area contributed by atoms with Crippen LogP contribution in [-0.4, -0.2) is 39.9 Å². The second-order valence-electron chi connectivity index (χ2n) is 4.37. The first kappa shape index (κ1) is 15.9. The molecular formula is C12H20FN3O2S. The van der Waals surface area contributed by atoms with Crippen molar-refractivity contribution in [3.05, 3.63) is 29.6 Å². The molecule has 108 valence electrons. The van der Waals surface area contributed by atoms with Gasteiger partial charge in [-0.15, -0.1) is 0 Å². The van der Waals surface area contributed by atoms with Crippen LogP contribution in [0.2, 0.25) is 0 Å². The maximum atomic E-state index is 13.6. The summed E-state index contributed by atoms with van der Waals surface area (Å²) in [5.41, 5.74) is 0.703. The van der Waals surface area contributed by atoms with Gasteiger partial charge >= 0.3 is 10.2 Å². The fourth-order valence-corrected chi connectivity index (χ4v) is 2.49. The average molecular weight is 289 g/mol. The normalized spacial score (nSPS) is 11.8. The van der Waals surface area contributed by atoms with E-state index >= 15 is 0 Å². The van der Waals surface area contributed by atoms with E-state index in [0.29, 0.717) is 13.0 Å². The summed E-state index contributed by atoms with van der Waals surface area (Å²) in [4.78, 5) is 0. The van der Waals surface area contributed by atoms with Gasteiger partial charge in [0.15, 0.2) is 0 Å². The molecule has 0 amide bonds. The van der Waals surface area contributed by atoms with Crippen molar-refractivity contribution in [1.29, 1.82) is 0 Å². The van der Waals surface area contributed by atoms with Crippen LogP contribution < -0.4 is 10.0 Å². The van der Waals surface area contributed by atoms with Gasteiger partial charge in [0.05, 0.1) is 5.69 Å². The molecule has 0 aliphatic heterocycles. The van der Waals surface area contributed by atoms with Gasteiger partial charge in [-0.25, -0.2) is 4.39 Å². The van der Waals surface area contributed by atoms with Crippen molar-refractivity contribution in [2.24, 2.45) is 0 Å². The van der Waals surface area contributed by atoms with Crippen LogP contribution in [-0.2, 0) is 10.2 Å². The smallest absolute Gasteiger partial charge is 0.301 e. The molecule has 0 atom stereocenters. The van der Waals surface area contributed by atoms with E-state index < -0.39 is 16.0 Å². The molecule has 0 aromatic heterocycles. The van der Waals surface area contributed by atoms with Gasteiger partial charge in [0.1, 0.15) is 5.82 Å². The third-order valence-corrected chi connectivity index (χ3v) is 4.15. The van der Waals surface area contributed by atoms with Crippen LogP contribution in [0, 0.1) is 12.7 Å². The van der Waals surface area contributed by atoms with Crippen LogP contribution in [0.5, 0.6) is 0 Å².